The number of hydrogen-bond donors (Lipinski definition) is 0. The lowest BCUT2D eigenvalue weighted by Gasteiger charge is -2.06. The van der Waals surface area contributed by atoms with Gasteiger partial charge in [-0.05, 0) is 13.3 Å². The topological polar surface area (TPSA) is 35.5 Å². The van der Waals surface area contributed by atoms with Crippen LogP contribution in [0.5, 0.6) is 0 Å². The maximum absolute atomic E-state index is 11.2. The van der Waals surface area contributed by atoms with Crippen molar-refractivity contribution in [2.75, 3.05) is 0 Å². The van der Waals surface area contributed by atoms with Crippen molar-refractivity contribution in [1.29, 1.82) is 0 Å². The van der Waals surface area contributed by atoms with E-state index in [0.717, 1.165) is 6.42 Å². The smallest absolute Gasteiger partial charge is 0.234 e. The van der Waals surface area contributed by atoms with Crippen LogP contribution in [0, 0.1) is 0 Å². The van der Waals surface area contributed by atoms with Crippen LogP contribution in [0.15, 0.2) is 0 Å². The summed E-state index contributed by atoms with van der Waals surface area (Å²) in [6.45, 7) is 3.47. The van der Waals surface area contributed by atoms with Crippen molar-refractivity contribution < 1.29 is 14.6 Å². The molecule has 0 amide bonds. The van der Waals surface area contributed by atoms with Crippen LogP contribution in [0.25, 0.3) is 0 Å². The molecule has 0 aromatic carbocycles. The Kier molecular flexibility index (Phi) is 2.52. The number of alkyl halides is 1. The maximum atomic E-state index is 11.2. The Morgan fingerprint density at radius 2 is 2.36 bits per heavy atom. The zero-order chi connectivity index (χ0) is 8.48. The molecule has 0 N–H and O–H groups in total. The fourth-order valence-corrected chi connectivity index (χ4v) is 1.12. The molecule has 4 heteroatoms. The molecular weight excluding hydrogens is 168 g/mol. The summed E-state index contributed by atoms with van der Waals surface area (Å²) in [5, 5.41) is -1.26. The van der Waals surface area contributed by atoms with E-state index < -0.39 is 11.2 Å². The fraction of sp³-hybridized carbons (Fsp3) is 0.857. The molecule has 0 radical (unpaired) electrons. The quantitative estimate of drug-likeness (QED) is 0.477. The zero-order valence-corrected chi connectivity index (χ0v) is 7.35. The molecule has 0 bridgehead atoms. The Hall–Kier alpha value is -0.120. The summed E-state index contributed by atoms with van der Waals surface area (Å²) in [6, 6.07) is 0. The molecule has 0 aliphatic carbocycles. The lowest BCUT2D eigenvalue weighted by atomic mass is 10.1. The van der Waals surface area contributed by atoms with E-state index in [1.54, 1.807) is 0 Å². The van der Waals surface area contributed by atoms with Crippen molar-refractivity contribution in [2.24, 2.45) is 0 Å². The van der Waals surface area contributed by atoms with Gasteiger partial charge in [0.15, 0.2) is 6.10 Å². The molecule has 2 atom stereocenters. The van der Waals surface area contributed by atoms with Crippen LogP contribution in [0.3, 0.4) is 0 Å². The summed E-state index contributed by atoms with van der Waals surface area (Å²) in [6.07, 6.45) is 1.08. The predicted octanol–water partition coefficient (Wildman–Crippen LogP) is 1.64. The number of ketones is 1. The normalized spacial score (nSPS) is 38.1. The van der Waals surface area contributed by atoms with E-state index >= 15 is 0 Å². The second-order valence-electron chi connectivity index (χ2n) is 2.74. The van der Waals surface area contributed by atoms with Crippen LogP contribution in [0.4, 0.5) is 0 Å². The molecule has 1 heterocycles. The lowest BCUT2D eigenvalue weighted by Crippen LogP contribution is -2.29. The van der Waals surface area contributed by atoms with Gasteiger partial charge in [0.2, 0.25) is 10.8 Å². The summed E-state index contributed by atoms with van der Waals surface area (Å²) < 4.78 is 0. The number of hydrogen-bond acceptors (Lipinski definition) is 3. The van der Waals surface area contributed by atoms with Gasteiger partial charge in [0.05, 0.1) is 0 Å². The summed E-state index contributed by atoms with van der Waals surface area (Å²) in [5.41, 5.74) is 0. The molecule has 2 unspecified atom stereocenters. The van der Waals surface area contributed by atoms with Crippen LogP contribution in [0.1, 0.15) is 26.7 Å². The van der Waals surface area contributed by atoms with Gasteiger partial charge in [-0.1, -0.05) is 24.9 Å². The van der Waals surface area contributed by atoms with E-state index in [-0.39, 0.29) is 5.78 Å². The minimum Gasteiger partial charge on any atom is -0.292 e. The largest absolute Gasteiger partial charge is 0.292 e. The third-order valence-corrected chi connectivity index (χ3v) is 1.85. The number of Topliss-reactive ketones (excluding diaryl/α,β-unsaturated/α-hetero) is 1. The second-order valence-corrected chi connectivity index (χ2v) is 3.46. The van der Waals surface area contributed by atoms with Crippen molar-refractivity contribution in [3.63, 3.8) is 0 Å². The molecule has 1 aliphatic heterocycles. The standard InChI is InChI=1S/C7H11ClO3/c1-3-4-5-6(9)7(2,8)11-10-5/h5H,3-4H2,1-2H3. The van der Waals surface area contributed by atoms with Gasteiger partial charge in [0, 0.05) is 0 Å². The molecule has 1 rings (SSSR count). The van der Waals surface area contributed by atoms with E-state index in [0.29, 0.717) is 6.42 Å². The van der Waals surface area contributed by atoms with Gasteiger partial charge < -0.3 is 0 Å². The van der Waals surface area contributed by atoms with E-state index in [4.69, 9.17) is 16.5 Å². The third-order valence-electron chi connectivity index (χ3n) is 1.60. The lowest BCUT2D eigenvalue weighted by molar-refractivity contribution is -0.304. The average molecular weight is 179 g/mol. The van der Waals surface area contributed by atoms with Crippen LogP contribution >= 0.6 is 11.6 Å². The minimum absolute atomic E-state index is 0.180. The van der Waals surface area contributed by atoms with Gasteiger partial charge in [0.1, 0.15) is 0 Å². The molecule has 64 valence electrons. The molecule has 0 aromatic rings. The fourth-order valence-electron chi connectivity index (χ4n) is 0.962. The average Bonchev–Trinajstić information content (AvgIpc) is 2.17. The van der Waals surface area contributed by atoms with E-state index in [2.05, 4.69) is 4.89 Å². The van der Waals surface area contributed by atoms with Crippen LogP contribution in [0.2, 0.25) is 0 Å². The van der Waals surface area contributed by atoms with Crippen molar-refractivity contribution in [1.82, 2.24) is 0 Å². The van der Waals surface area contributed by atoms with Crippen LogP contribution < -0.4 is 0 Å². The van der Waals surface area contributed by atoms with E-state index in [1.807, 2.05) is 6.92 Å². The Labute approximate surface area is 70.5 Å². The molecule has 1 aliphatic rings. The molecule has 3 nitrogen and oxygen atoms in total. The van der Waals surface area contributed by atoms with Gasteiger partial charge in [-0.3, -0.25) is 4.79 Å². The van der Waals surface area contributed by atoms with Crippen molar-refractivity contribution in [3.05, 3.63) is 0 Å². The monoisotopic (exact) mass is 178 g/mol. The molecule has 0 aromatic heterocycles. The van der Waals surface area contributed by atoms with Crippen molar-refractivity contribution >= 4 is 17.4 Å². The van der Waals surface area contributed by atoms with Crippen molar-refractivity contribution in [3.8, 4) is 0 Å². The Morgan fingerprint density at radius 1 is 1.73 bits per heavy atom. The third kappa shape index (κ3) is 1.72. The highest BCUT2D eigenvalue weighted by atomic mass is 35.5. The second kappa shape index (κ2) is 3.09. The summed E-state index contributed by atoms with van der Waals surface area (Å²) >= 11 is 5.65. The van der Waals surface area contributed by atoms with E-state index in [1.165, 1.54) is 6.92 Å². The predicted molar refractivity (Wildman–Crippen MR) is 40.1 cm³/mol. The highest BCUT2D eigenvalue weighted by Crippen LogP contribution is 2.29. The Bertz CT molecular complexity index is 167. The number of halogens is 1. The highest BCUT2D eigenvalue weighted by molar-refractivity contribution is 6.34. The molecule has 1 saturated heterocycles. The minimum atomic E-state index is -1.26. The first-order chi connectivity index (χ1) is 5.08. The first kappa shape index (κ1) is 8.97. The highest BCUT2D eigenvalue weighted by Gasteiger charge is 2.45. The first-order valence-corrected chi connectivity index (χ1v) is 4.03. The van der Waals surface area contributed by atoms with Gasteiger partial charge in [0.25, 0.3) is 0 Å². The van der Waals surface area contributed by atoms with Gasteiger partial charge in [-0.15, -0.1) is 0 Å². The van der Waals surface area contributed by atoms with Gasteiger partial charge in [-0.25, -0.2) is 9.78 Å². The van der Waals surface area contributed by atoms with Crippen molar-refractivity contribution in [2.45, 2.75) is 37.9 Å². The Balaban J connectivity index is 2.56. The molecule has 1 fully saturated rings. The summed E-state index contributed by atoms with van der Waals surface area (Å²) in [4.78, 5) is 20.6. The first-order valence-electron chi connectivity index (χ1n) is 3.65. The van der Waals surface area contributed by atoms with Crippen LogP contribution in [-0.4, -0.2) is 16.9 Å². The zero-order valence-electron chi connectivity index (χ0n) is 6.59. The number of carbonyl (C=O) groups excluding carboxylic acids is 1. The van der Waals surface area contributed by atoms with Crippen LogP contribution in [-0.2, 0) is 14.6 Å². The van der Waals surface area contributed by atoms with Gasteiger partial charge >= 0.3 is 0 Å². The molecular formula is C7H11ClO3. The maximum Gasteiger partial charge on any atom is 0.234 e. The molecule has 11 heavy (non-hydrogen) atoms. The van der Waals surface area contributed by atoms with E-state index in [9.17, 15) is 4.79 Å². The molecule has 0 spiro atoms. The van der Waals surface area contributed by atoms with Gasteiger partial charge in [-0.2, -0.15) is 0 Å². The summed E-state index contributed by atoms with van der Waals surface area (Å²) in [5.74, 6) is -0.180. The number of carbonyl (C=O) groups is 1. The summed E-state index contributed by atoms with van der Waals surface area (Å²) in [7, 11) is 0. The number of rotatable bonds is 2. The Morgan fingerprint density at radius 3 is 2.73 bits per heavy atom. The molecule has 0 saturated carbocycles. The SMILES string of the molecule is CCCC1OOC(C)(Cl)C1=O.